The molecule has 1 amide bonds. The van der Waals surface area contributed by atoms with Crippen molar-refractivity contribution in [1.29, 1.82) is 0 Å². The Bertz CT molecular complexity index is 655. The first-order valence-electron chi connectivity index (χ1n) is 7.26. The summed E-state index contributed by atoms with van der Waals surface area (Å²) in [7, 11) is -3.26. The molecule has 2 atom stereocenters. The maximum Gasteiger partial charge on any atom is 0.308 e. The van der Waals surface area contributed by atoms with Gasteiger partial charge in [0.1, 0.15) is 0 Å². The highest BCUT2D eigenvalue weighted by Gasteiger charge is 2.21. The summed E-state index contributed by atoms with van der Waals surface area (Å²) in [5.41, 5.74) is 1.11. The van der Waals surface area contributed by atoms with Gasteiger partial charge >= 0.3 is 5.97 Å². The molecule has 0 fully saturated rings. The number of benzene rings is 1. The zero-order valence-corrected chi connectivity index (χ0v) is 14.2. The predicted octanol–water partition coefficient (Wildman–Crippen LogP) is 0.965. The van der Waals surface area contributed by atoms with E-state index < -0.39 is 28.0 Å². The van der Waals surface area contributed by atoms with Crippen LogP contribution in [-0.4, -0.2) is 37.2 Å². The molecule has 2 unspecified atom stereocenters. The maximum atomic E-state index is 12.0. The number of amides is 1. The van der Waals surface area contributed by atoms with Gasteiger partial charge in [0.15, 0.2) is 0 Å². The fraction of sp³-hybridized carbons (Fsp3) is 0.467. The molecule has 0 aromatic heterocycles. The highest BCUT2D eigenvalue weighted by molar-refractivity contribution is 7.89. The van der Waals surface area contributed by atoms with Crippen molar-refractivity contribution >= 4 is 21.9 Å². The van der Waals surface area contributed by atoms with Crippen molar-refractivity contribution in [3.63, 3.8) is 0 Å². The topological polar surface area (TPSA) is 113 Å². The molecular formula is C15H22N2O5S. The van der Waals surface area contributed by atoms with Crippen molar-refractivity contribution in [3.8, 4) is 0 Å². The second-order valence-corrected chi connectivity index (χ2v) is 7.41. The Balaban J connectivity index is 2.66. The van der Waals surface area contributed by atoms with Crippen molar-refractivity contribution in [2.45, 2.75) is 33.4 Å². The third kappa shape index (κ3) is 5.99. The zero-order chi connectivity index (χ0) is 17.6. The standard InChI is InChI=1S/C15H22N2O5S/c1-4-23(21,22)16-9-12-5-7-13(8-6-12)14(18)17-11(3)10(2)15(19)20/h5-8,10-11,16H,4,9H2,1-3H3,(H,17,18)(H,19,20). The Labute approximate surface area is 136 Å². The highest BCUT2D eigenvalue weighted by Crippen LogP contribution is 2.08. The third-order valence-electron chi connectivity index (χ3n) is 3.59. The Morgan fingerprint density at radius 1 is 1.17 bits per heavy atom. The Morgan fingerprint density at radius 3 is 2.22 bits per heavy atom. The number of carbonyl (C=O) groups is 2. The molecule has 1 aromatic rings. The molecule has 0 aliphatic rings. The summed E-state index contributed by atoms with van der Waals surface area (Å²) in [5.74, 6) is -2.03. The second-order valence-electron chi connectivity index (χ2n) is 5.31. The fourth-order valence-electron chi connectivity index (χ4n) is 1.70. The van der Waals surface area contributed by atoms with E-state index in [0.717, 1.165) is 5.56 Å². The third-order valence-corrected chi connectivity index (χ3v) is 4.93. The lowest BCUT2D eigenvalue weighted by Gasteiger charge is -2.17. The summed E-state index contributed by atoms with van der Waals surface area (Å²) in [6.45, 7) is 4.86. The van der Waals surface area contributed by atoms with Gasteiger partial charge in [0.25, 0.3) is 5.91 Å². The van der Waals surface area contributed by atoms with E-state index in [4.69, 9.17) is 5.11 Å². The summed E-state index contributed by atoms with van der Waals surface area (Å²) in [5, 5.41) is 11.5. The number of carboxylic acid groups (broad SMARTS) is 1. The molecule has 1 rings (SSSR count). The Morgan fingerprint density at radius 2 is 1.74 bits per heavy atom. The number of carboxylic acids is 1. The molecular weight excluding hydrogens is 320 g/mol. The van der Waals surface area contributed by atoms with E-state index in [1.165, 1.54) is 6.92 Å². The molecule has 0 aliphatic carbocycles. The van der Waals surface area contributed by atoms with E-state index in [9.17, 15) is 18.0 Å². The molecule has 1 aromatic carbocycles. The first kappa shape index (κ1) is 19.1. The van der Waals surface area contributed by atoms with Crippen LogP contribution < -0.4 is 10.0 Å². The molecule has 3 N–H and O–H groups in total. The monoisotopic (exact) mass is 342 g/mol. The van der Waals surface area contributed by atoms with Gasteiger partial charge in [0.2, 0.25) is 10.0 Å². The second kappa shape index (κ2) is 8.07. The van der Waals surface area contributed by atoms with Crippen molar-refractivity contribution in [3.05, 3.63) is 35.4 Å². The molecule has 0 saturated carbocycles. The summed E-state index contributed by atoms with van der Waals surface area (Å²) in [6, 6.07) is 5.94. The lowest BCUT2D eigenvalue weighted by atomic mass is 10.0. The van der Waals surface area contributed by atoms with E-state index in [-0.39, 0.29) is 18.2 Å². The van der Waals surface area contributed by atoms with Crippen molar-refractivity contribution in [2.24, 2.45) is 5.92 Å². The van der Waals surface area contributed by atoms with Gasteiger partial charge < -0.3 is 10.4 Å². The van der Waals surface area contributed by atoms with Gasteiger partial charge in [-0.1, -0.05) is 12.1 Å². The number of hydrogen-bond donors (Lipinski definition) is 3. The minimum Gasteiger partial charge on any atom is -0.481 e. The SMILES string of the molecule is CCS(=O)(=O)NCc1ccc(C(=O)NC(C)C(C)C(=O)O)cc1. The van der Waals surface area contributed by atoms with Crippen LogP contribution in [0.4, 0.5) is 0 Å². The Hall–Kier alpha value is -1.93. The Kier molecular flexibility index (Phi) is 6.71. The first-order chi connectivity index (χ1) is 10.7. The minimum atomic E-state index is -3.26. The summed E-state index contributed by atoms with van der Waals surface area (Å²) in [4.78, 5) is 22.9. The molecule has 0 radical (unpaired) electrons. The molecule has 0 saturated heterocycles. The van der Waals surface area contributed by atoms with E-state index >= 15 is 0 Å². The van der Waals surface area contributed by atoms with Gasteiger partial charge in [0.05, 0.1) is 11.7 Å². The lowest BCUT2D eigenvalue weighted by molar-refractivity contribution is -0.141. The van der Waals surface area contributed by atoms with E-state index in [0.29, 0.717) is 5.56 Å². The largest absolute Gasteiger partial charge is 0.481 e. The van der Waals surface area contributed by atoms with Crippen LogP contribution in [0.15, 0.2) is 24.3 Å². The smallest absolute Gasteiger partial charge is 0.308 e. The van der Waals surface area contributed by atoms with Crippen molar-refractivity contribution < 1.29 is 23.1 Å². The van der Waals surface area contributed by atoms with Gasteiger partial charge in [-0.25, -0.2) is 13.1 Å². The fourth-order valence-corrected chi connectivity index (χ4v) is 2.29. The average molecular weight is 342 g/mol. The van der Waals surface area contributed by atoms with Gasteiger partial charge in [-0.3, -0.25) is 9.59 Å². The summed E-state index contributed by atoms with van der Waals surface area (Å²) < 4.78 is 25.2. The maximum absolute atomic E-state index is 12.0. The number of hydrogen-bond acceptors (Lipinski definition) is 4. The molecule has 8 heteroatoms. The number of nitrogens with one attached hydrogen (secondary N) is 2. The van der Waals surface area contributed by atoms with Gasteiger partial charge in [-0.05, 0) is 38.5 Å². The number of carbonyl (C=O) groups excluding carboxylic acids is 1. The van der Waals surface area contributed by atoms with Gasteiger partial charge in [0, 0.05) is 18.2 Å². The van der Waals surface area contributed by atoms with Gasteiger partial charge in [-0.15, -0.1) is 0 Å². The molecule has 23 heavy (non-hydrogen) atoms. The molecule has 0 bridgehead atoms. The van der Waals surface area contributed by atoms with E-state index in [1.807, 2.05) is 0 Å². The van der Waals surface area contributed by atoms with Crippen LogP contribution in [0.5, 0.6) is 0 Å². The van der Waals surface area contributed by atoms with Gasteiger partial charge in [-0.2, -0.15) is 0 Å². The van der Waals surface area contributed by atoms with Crippen LogP contribution in [0, 0.1) is 5.92 Å². The number of sulfonamides is 1. The number of rotatable bonds is 8. The van der Waals surface area contributed by atoms with E-state index in [2.05, 4.69) is 10.0 Å². The van der Waals surface area contributed by atoms with Crippen LogP contribution in [0.2, 0.25) is 0 Å². The predicted molar refractivity (Wildman–Crippen MR) is 86.5 cm³/mol. The average Bonchev–Trinajstić information content (AvgIpc) is 2.52. The number of aliphatic carboxylic acids is 1. The lowest BCUT2D eigenvalue weighted by Crippen LogP contribution is -2.40. The molecule has 128 valence electrons. The van der Waals surface area contributed by atoms with Crippen LogP contribution in [-0.2, 0) is 21.4 Å². The highest BCUT2D eigenvalue weighted by atomic mass is 32.2. The van der Waals surface area contributed by atoms with Crippen LogP contribution >= 0.6 is 0 Å². The molecule has 0 aliphatic heterocycles. The minimum absolute atomic E-state index is 0.00708. The zero-order valence-electron chi connectivity index (χ0n) is 13.4. The van der Waals surface area contributed by atoms with Crippen LogP contribution in [0.25, 0.3) is 0 Å². The molecule has 7 nitrogen and oxygen atoms in total. The summed E-state index contributed by atoms with van der Waals surface area (Å²) >= 11 is 0. The van der Waals surface area contributed by atoms with Crippen LogP contribution in [0.1, 0.15) is 36.7 Å². The van der Waals surface area contributed by atoms with Crippen molar-refractivity contribution in [1.82, 2.24) is 10.0 Å². The molecule has 0 heterocycles. The van der Waals surface area contributed by atoms with Crippen molar-refractivity contribution in [2.75, 3.05) is 5.75 Å². The first-order valence-corrected chi connectivity index (χ1v) is 8.91. The van der Waals surface area contributed by atoms with E-state index in [1.54, 1.807) is 38.1 Å². The molecule has 0 spiro atoms. The summed E-state index contributed by atoms with van der Waals surface area (Å²) in [6.07, 6.45) is 0. The normalized spacial score (nSPS) is 14.0. The quantitative estimate of drug-likeness (QED) is 0.651. The van der Waals surface area contributed by atoms with Crippen LogP contribution in [0.3, 0.4) is 0 Å².